The topological polar surface area (TPSA) is 78.4 Å². The van der Waals surface area contributed by atoms with E-state index in [-0.39, 0.29) is 11.6 Å². The van der Waals surface area contributed by atoms with Gasteiger partial charge in [-0.05, 0) is 24.6 Å². The third-order valence-corrected chi connectivity index (χ3v) is 3.17. The Kier molecular flexibility index (Phi) is 6.08. The van der Waals surface area contributed by atoms with Crippen LogP contribution in [0.5, 0.6) is 0 Å². The summed E-state index contributed by atoms with van der Waals surface area (Å²) < 4.78 is 0. The van der Waals surface area contributed by atoms with Crippen molar-refractivity contribution in [1.29, 1.82) is 0 Å². The van der Waals surface area contributed by atoms with Gasteiger partial charge in [-0.15, -0.1) is 0 Å². The molecule has 0 radical (unpaired) electrons. The van der Waals surface area contributed by atoms with Crippen LogP contribution in [0.1, 0.15) is 13.3 Å². The third kappa shape index (κ3) is 4.70. The number of benzene rings is 1. The van der Waals surface area contributed by atoms with Crippen LogP contribution in [0, 0.1) is 0 Å². The van der Waals surface area contributed by atoms with Gasteiger partial charge in [0.15, 0.2) is 0 Å². The van der Waals surface area contributed by atoms with Crippen molar-refractivity contribution in [2.24, 2.45) is 0 Å². The molecule has 1 aromatic rings. The van der Waals surface area contributed by atoms with Gasteiger partial charge in [-0.1, -0.05) is 30.1 Å². The number of hydrogen-bond donors (Lipinski definition) is 3. The molecule has 0 aromatic heterocycles. The normalized spacial score (nSPS) is 11.8. The molecule has 1 unspecified atom stereocenters. The maximum Gasteiger partial charge on any atom is 0.313 e. The Morgan fingerprint density at radius 3 is 2.47 bits per heavy atom. The highest BCUT2D eigenvalue weighted by atomic mass is 35.5. The summed E-state index contributed by atoms with van der Waals surface area (Å²) in [7, 11) is 0. The summed E-state index contributed by atoms with van der Waals surface area (Å²) in [5.74, 6) is -1.64. The largest absolute Gasteiger partial charge is 0.394 e. The minimum atomic E-state index is -0.828. The average molecular weight is 305 g/mol. The van der Waals surface area contributed by atoms with Crippen LogP contribution in [0.4, 0.5) is 5.69 Å². The number of nitrogens with one attached hydrogen (secondary N) is 2. The summed E-state index contributed by atoms with van der Waals surface area (Å²) in [6.45, 7) is 1.57. The zero-order valence-corrected chi connectivity index (χ0v) is 11.8. The highest BCUT2D eigenvalue weighted by Gasteiger charge is 2.17. The first-order chi connectivity index (χ1) is 8.97. The van der Waals surface area contributed by atoms with Crippen molar-refractivity contribution in [3.05, 3.63) is 28.2 Å². The Balaban J connectivity index is 2.63. The minimum absolute atomic E-state index is 0.220. The Morgan fingerprint density at radius 1 is 1.26 bits per heavy atom. The number of carbonyl (C=O) groups excluding carboxylic acids is 2. The lowest BCUT2D eigenvalue weighted by atomic mass is 10.2. The number of hydrogen-bond acceptors (Lipinski definition) is 3. The molecule has 5 nitrogen and oxygen atoms in total. The molecule has 1 rings (SSSR count). The molecular weight excluding hydrogens is 291 g/mol. The Labute approximate surface area is 120 Å². The van der Waals surface area contributed by atoms with E-state index in [1.807, 2.05) is 0 Å². The van der Waals surface area contributed by atoms with Gasteiger partial charge >= 0.3 is 11.8 Å². The van der Waals surface area contributed by atoms with E-state index in [2.05, 4.69) is 10.6 Å². The van der Waals surface area contributed by atoms with Crippen LogP contribution < -0.4 is 10.6 Å². The van der Waals surface area contributed by atoms with Gasteiger partial charge in [0, 0.05) is 5.69 Å². The number of carbonyl (C=O) groups is 2. The summed E-state index contributed by atoms with van der Waals surface area (Å²) in [6.07, 6.45) is 0.530. The van der Waals surface area contributed by atoms with Crippen molar-refractivity contribution in [3.63, 3.8) is 0 Å². The number of rotatable bonds is 4. The van der Waals surface area contributed by atoms with Gasteiger partial charge in [0.1, 0.15) is 0 Å². The van der Waals surface area contributed by atoms with E-state index in [1.54, 1.807) is 6.92 Å². The number of amides is 2. The average Bonchev–Trinajstić information content (AvgIpc) is 2.39. The second-order valence-electron chi connectivity index (χ2n) is 3.84. The Morgan fingerprint density at radius 2 is 1.95 bits per heavy atom. The van der Waals surface area contributed by atoms with Crippen molar-refractivity contribution in [2.45, 2.75) is 19.4 Å². The first-order valence-corrected chi connectivity index (χ1v) is 6.41. The molecule has 7 heteroatoms. The van der Waals surface area contributed by atoms with E-state index >= 15 is 0 Å². The predicted octanol–water partition coefficient (Wildman–Crippen LogP) is 1.82. The van der Waals surface area contributed by atoms with Crippen molar-refractivity contribution in [3.8, 4) is 0 Å². The first kappa shape index (κ1) is 15.8. The lowest BCUT2D eigenvalue weighted by Crippen LogP contribution is -2.43. The van der Waals surface area contributed by atoms with E-state index in [9.17, 15) is 9.59 Å². The van der Waals surface area contributed by atoms with Crippen molar-refractivity contribution in [2.75, 3.05) is 11.9 Å². The van der Waals surface area contributed by atoms with Gasteiger partial charge in [0.25, 0.3) is 0 Å². The van der Waals surface area contributed by atoms with Crippen LogP contribution in [0.2, 0.25) is 10.0 Å². The second-order valence-corrected chi connectivity index (χ2v) is 4.66. The molecule has 0 bridgehead atoms. The van der Waals surface area contributed by atoms with Crippen LogP contribution in [-0.2, 0) is 9.59 Å². The molecule has 3 N–H and O–H groups in total. The van der Waals surface area contributed by atoms with Crippen molar-refractivity contribution in [1.82, 2.24) is 5.32 Å². The molecule has 0 saturated heterocycles. The van der Waals surface area contributed by atoms with Crippen molar-refractivity contribution < 1.29 is 14.7 Å². The molecule has 0 saturated carbocycles. The van der Waals surface area contributed by atoms with Crippen LogP contribution in [-0.4, -0.2) is 29.6 Å². The van der Waals surface area contributed by atoms with Gasteiger partial charge in [-0.25, -0.2) is 0 Å². The fourth-order valence-electron chi connectivity index (χ4n) is 1.29. The van der Waals surface area contributed by atoms with E-state index in [1.165, 1.54) is 18.2 Å². The number of aliphatic hydroxyl groups excluding tert-OH is 1. The lowest BCUT2D eigenvalue weighted by Gasteiger charge is -2.13. The van der Waals surface area contributed by atoms with E-state index < -0.39 is 17.9 Å². The summed E-state index contributed by atoms with van der Waals surface area (Å²) in [6, 6.07) is 4.05. The summed E-state index contributed by atoms with van der Waals surface area (Å²) in [5.41, 5.74) is 0.367. The fraction of sp³-hybridized carbons (Fsp3) is 0.333. The Bertz CT molecular complexity index is 476. The molecule has 0 aliphatic heterocycles. The van der Waals surface area contributed by atoms with Gasteiger partial charge in [-0.2, -0.15) is 0 Å². The monoisotopic (exact) mass is 304 g/mol. The van der Waals surface area contributed by atoms with Crippen LogP contribution in [0.3, 0.4) is 0 Å². The highest BCUT2D eigenvalue weighted by Crippen LogP contribution is 2.24. The van der Waals surface area contributed by atoms with E-state index in [4.69, 9.17) is 28.3 Å². The Hall–Kier alpha value is -1.30. The molecule has 0 aliphatic rings. The predicted molar refractivity (Wildman–Crippen MR) is 74.4 cm³/mol. The number of halogens is 2. The summed E-state index contributed by atoms with van der Waals surface area (Å²) >= 11 is 11.5. The maximum atomic E-state index is 11.6. The summed E-state index contributed by atoms with van der Waals surface area (Å²) in [4.78, 5) is 23.1. The second kappa shape index (κ2) is 7.33. The zero-order chi connectivity index (χ0) is 14.4. The molecule has 1 aromatic carbocycles. The standard InChI is InChI=1S/C12H14Cl2N2O3/c1-2-7(6-17)15-11(18)12(19)16-8-3-4-9(13)10(14)5-8/h3-5,7,17H,2,6H2,1H3,(H,15,18)(H,16,19). The minimum Gasteiger partial charge on any atom is -0.394 e. The van der Waals surface area contributed by atoms with Gasteiger partial charge in [0.05, 0.1) is 22.7 Å². The van der Waals surface area contributed by atoms with Crippen LogP contribution in [0.25, 0.3) is 0 Å². The highest BCUT2D eigenvalue weighted by molar-refractivity contribution is 6.42. The molecule has 19 heavy (non-hydrogen) atoms. The van der Waals surface area contributed by atoms with Gasteiger partial charge in [-0.3, -0.25) is 9.59 Å². The summed E-state index contributed by atoms with van der Waals surface area (Å²) in [5, 5.41) is 14.4. The zero-order valence-electron chi connectivity index (χ0n) is 10.2. The molecule has 0 heterocycles. The smallest absolute Gasteiger partial charge is 0.313 e. The quantitative estimate of drug-likeness (QED) is 0.742. The van der Waals surface area contributed by atoms with Gasteiger partial charge in [0.2, 0.25) is 0 Å². The van der Waals surface area contributed by atoms with Crippen LogP contribution >= 0.6 is 23.2 Å². The number of anilines is 1. The van der Waals surface area contributed by atoms with E-state index in [0.29, 0.717) is 17.1 Å². The maximum absolute atomic E-state index is 11.6. The molecule has 1 atom stereocenters. The fourth-order valence-corrected chi connectivity index (χ4v) is 1.59. The van der Waals surface area contributed by atoms with E-state index in [0.717, 1.165) is 0 Å². The lowest BCUT2D eigenvalue weighted by molar-refractivity contribution is -0.136. The molecule has 0 aliphatic carbocycles. The molecule has 104 valence electrons. The molecule has 2 amide bonds. The van der Waals surface area contributed by atoms with Crippen molar-refractivity contribution >= 4 is 40.7 Å². The third-order valence-electron chi connectivity index (χ3n) is 2.43. The first-order valence-electron chi connectivity index (χ1n) is 5.65. The molecule has 0 fully saturated rings. The number of aliphatic hydroxyl groups is 1. The SMILES string of the molecule is CCC(CO)NC(=O)C(=O)Nc1ccc(Cl)c(Cl)c1. The van der Waals surface area contributed by atoms with Crippen LogP contribution in [0.15, 0.2) is 18.2 Å². The molecular formula is C12H14Cl2N2O3. The van der Waals surface area contributed by atoms with Gasteiger partial charge < -0.3 is 15.7 Å². The molecule has 0 spiro atoms.